The van der Waals surface area contributed by atoms with Crippen molar-refractivity contribution in [3.8, 4) is 0 Å². The van der Waals surface area contributed by atoms with Crippen LogP contribution in [-0.2, 0) is 0 Å². The molecule has 0 saturated carbocycles. The van der Waals surface area contributed by atoms with Gasteiger partial charge in [0.05, 0.1) is 0 Å². The zero-order chi connectivity index (χ0) is 4.50. The lowest BCUT2D eigenvalue weighted by molar-refractivity contribution is 0.539. The third kappa shape index (κ3) is 1810. The van der Waals surface area contributed by atoms with Gasteiger partial charge >= 0.3 is 0 Å². The Bertz CT molecular complexity index is 23.6. The summed E-state index contributed by atoms with van der Waals surface area (Å²) < 4.78 is 0. The zero-order valence-electron chi connectivity index (χ0n) is 5.32. The average Bonchev–Trinajstić information content (AvgIpc) is 0.722. The highest BCUT2D eigenvalue weighted by molar-refractivity contribution is 5.85. The summed E-state index contributed by atoms with van der Waals surface area (Å²) in [5.74, 6) is 0. The third-order valence-electron chi connectivity index (χ3n) is 0. The van der Waals surface area contributed by atoms with E-state index < -0.39 is 0 Å². The van der Waals surface area contributed by atoms with E-state index in [1.54, 1.807) is 0 Å². The Kier molecular flexibility index (Phi) is 9.88. The van der Waals surface area contributed by atoms with Crippen molar-refractivity contribution in [3.63, 3.8) is 0 Å². The van der Waals surface area contributed by atoms with Crippen LogP contribution in [0.1, 0.15) is 20.8 Å². The summed E-state index contributed by atoms with van der Waals surface area (Å²) in [5, 5.41) is 0. The van der Waals surface area contributed by atoms with Crippen molar-refractivity contribution >= 4 is 12.4 Å². The Morgan fingerprint density at radius 2 is 1.14 bits per heavy atom. The number of hydrogen-bond acceptors (Lipinski definition) is 1. The molecule has 0 heterocycles. The first-order valence-electron chi connectivity index (χ1n) is 1.85. The molecule has 0 fully saturated rings. The van der Waals surface area contributed by atoms with Crippen molar-refractivity contribution in [2.75, 3.05) is 0 Å². The van der Waals surface area contributed by atoms with Crippen molar-refractivity contribution in [1.82, 2.24) is 6.15 Å². The molecule has 0 saturated heterocycles. The molecule has 0 atom stereocenters. The Balaban J connectivity index is -0.0000000800. The van der Waals surface area contributed by atoms with Gasteiger partial charge in [-0.05, 0) is 12.3 Å². The summed E-state index contributed by atoms with van der Waals surface area (Å²) >= 11 is 0. The minimum absolute atomic E-state index is 0. The Hall–Kier alpha value is 0.250. The SMILES string of the molecule is Cl.N.[CH2]C(C)(C)C. The third-order valence-corrected chi connectivity index (χ3v) is 0. The highest BCUT2D eigenvalue weighted by Gasteiger charge is 1.95. The first-order valence-corrected chi connectivity index (χ1v) is 1.85. The van der Waals surface area contributed by atoms with Crippen molar-refractivity contribution < 1.29 is 0 Å². The lowest BCUT2D eigenvalue weighted by Gasteiger charge is -2.05. The van der Waals surface area contributed by atoms with Crippen LogP contribution in [0.25, 0.3) is 0 Å². The molecule has 0 rings (SSSR count). The maximum Gasteiger partial charge on any atom is -0.0382 e. The van der Waals surface area contributed by atoms with Crippen LogP contribution in [0.2, 0.25) is 0 Å². The predicted molar refractivity (Wildman–Crippen MR) is 37.1 cm³/mol. The molecular formula is C5H15ClN. The molecule has 0 bridgehead atoms. The van der Waals surface area contributed by atoms with Crippen LogP contribution >= 0.6 is 12.4 Å². The summed E-state index contributed by atoms with van der Waals surface area (Å²) in [5.41, 5.74) is 0.250. The molecule has 2 heteroatoms. The largest absolute Gasteiger partial charge is 0.344 e. The molecule has 0 aliphatic rings. The maximum atomic E-state index is 3.77. The topological polar surface area (TPSA) is 35.0 Å². The summed E-state index contributed by atoms with van der Waals surface area (Å²) in [6, 6.07) is 0. The summed E-state index contributed by atoms with van der Waals surface area (Å²) in [4.78, 5) is 0. The van der Waals surface area contributed by atoms with Gasteiger partial charge in [-0.1, -0.05) is 20.8 Å². The van der Waals surface area contributed by atoms with Gasteiger partial charge in [0.1, 0.15) is 0 Å². The molecule has 1 nitrogen and oxygen atoms in total. The van der Waals surface area contributed by atoms with E-state index in [4.69, 9.17) is 0 Å². The average molecular weight is 125 g/mol. The van der Waals surface area contributed by atoms with E-state index in [0.29, 0.717) is 0 Å². The monoisotopic (exact) mass is 124 g/mol. The summed E-state index contributed by atoms with van der Waals surface area (Å²) in [6.45, 7) is 10.0. The Labute approximate surface area is 52.5 Å². The van der Waals surface area contributed by atoms with Gasteiger partial charge < -0.3 is 6.15 Å². The minimum atomic E-state index is 0. The van der Waals surface area contributed by atoms with E-state index >= 15 is 0 Å². The maximum absolute atomic E-state index is 3.77. The van der Waals surface area contributed by atoms with Crippen molar-refractivity contribution in [1.29, 1.82) is 0 Å². The molecule has 0 aliphatic carbocycles. The van der Waals surface area contributed by atoms with E-state index in [9.17, 15) is 0 Å². The van der Waals surface area contributed by atoms with Crippen LogP contribution < -0.4 is 6.15 Å². The quantitative estimate of drug-likeness (QED) is 0.529. The number of halogens is 1. The number of rotatable bonds is 0. The van der Waals surface area contributed by atoms with E-state index in [0.717, 1.165) is 0 Å². The molecule has 0 unspecified atom stereocenters. The molecule has 0 aliphatic heterocycles. The van der Waals surface area contributed by atoms with Crippen molar-refractivity contribution in [2.45, 2.75) is 20.8 Å². The van der Waals surface area contributed by atoms with Crippen molar-refractivity contribution in [3.05, 3.63) is 6.92 Å². The highest BCUT2D eigenvalue weighted by atomic mass is 35.5. The van der Waals surface area contributed by atoms with Gasteiger partial charge in [-0.3, -0.25) is 0 Å². The molecule has 0 amide bonds. The molecule has 3 N–H and O–H groups in total. The van der Waals surface area contributed by atoms with Gasteiger partial charge in [-0.15, -0.1) is 12.4 Å². The summed E-state index contributed by atoms with van der Waals surface area (Å²) in [6.07, 6.45) is 0. The smallest absolute Gasteiger partial charge is 0.0382 e. The standard InChI is InChI=1S/C5H11.ClH.H3N/c1-5(2,3)4;;/h1H2,2-4H3;1H;1H3. The second kappa shape index (κ2) is 4.41. The molecule has 7 heavy (non-hydrogen) atoms. The van der Waals surface area contributed by atoms with E-state index in [-0.39, 0.29) is 24.0 Å². The Morgan fingerprint density at radius 1 is 1.14 bits per heavy atom. The van der Waals surface area contributed by atoms with Crippen LogP contribution in [0.15, 0.2) is 0 Å². The fraction of sp³-hybridized carbons (Fsp3) is 0.800. The fourth-order valence-electron chi connectivity index (χ4n) is 0. The molecular weight excluding hydrogens is 110 g/mol. The van der Waals surface area contributed by atoms with Gasteiger partial charge in [-0.25, -0.2) is 0 Å². The van der Waals surface area contributed by atoms with Gasteiger partial charge in [-0.2, -0.15) is 0 Å². The molecule has 1 radical (unpaired) electrons. The van der Waals surface area contributed by atoms with Crippen LogP contribution in [0, 0.1) is 12.3 Å². The van der Waals surface area contributed by atoms with E-state index in [2.05, 4.69) is 27.7 Å². The zero-order valence-corrected chi connectivity index (χ0v) is 6.14. The van der Waals surface area contributed by atoms with Crippen molar-refractivity contribution in [2.24, 2.45) is 5.41 Å². The molecule has 0 aromatic carbocycles. The molecule has 0 spiro atoms. The predicted octanol–water partition coefficient (Wildman–Crippen LogP) is 2.45. The highest BCUT2D eigenvalue weighted by Crippen LogP contribution is 2.07. The van der Waals surface area contributed by atoms with E-state index in [1.807, 2.05) is 0 Å². The number of hydrogen-bond donors (Lipinski definition) is 1. The first-order chi connectivity index (χ1) is 2.00. The fourth-order valence-corrected chi connectivity index (χ4v) is 0. The normalized spacial score (nSPS) is 8.57. The summed E-state index contributed by atoms with van der Waals surface area (Å²) in [7, 11) is 0. The first kappa shape index (κ1) is 15.7. The molecule has 47 valence electrons. The Morgan fingerprint density at radius 3 is 1.14 bits per heavy atom. The lowest BCUT2D eigenvalue weighted by atomic mass is 10.0. The second-order valence-corrected chi connectivity index (χ2v) is 2.56. The van der Waals surface area contributed by atoms with Crippen LogP contribution in [0.3, 0.4) is 0 Å². The van der Waals surface area contributed by atoms with Gasteiger partial charge in [0, 0.05) is 0 Å². The van der Waals surface area contributed by atoms with Gasteiger partial charge in [0.15, 0.2) is 0 Å². The second-order valence-electron chi connectivity index (χ2n) is 2.56. The minimum Gasteiger partial charge on any atom is -0.344 e. The van der Waals surface area contributed by atoms with Gasteiger partial charge in [0.2, 0.25) is 0 Å². The van der Waals surface area contributed by atoms with Gasteiger partial charge in [0.25, 0.3) is 0 Å². The van der Waals surface area contributed by atoms with Crippen LogP contribution in [-0.4, -0.2) is 0 Å². The van der Waals surface area contributed by atoms with Crippen LogP contribution in [0.4, 0.5) is 0 Å². The lowest BCUT2D eigenvalue weighted by Crippen LogP contribution is -1.94. The molecule has 0 aromatic rings. The van der Waals surface area contributed by atoms with E-state index in [1.165, 1.54) is 0 Å². The van der Waals surface area contributed by atoms with Crippen LogP contribution in [0.5, 0.6) is 0 Å². The molecule has 0 aromatic heterocycles.